The summed E-state index contributed by atoms with van der Waals surface area (Å²) in [6.07, 6.45) is 5.19. The number of anilines is 1. The number of hydrogen-bond donors (Lipinski definition) is 2. The Labute approximate surface area is 164 Å². The van der Waals surface area contributed by atoms with Crippen molar-refractivity contribution in [3.8, 4) is 0 Å². The summed E-state index contributed by atoms with van der Waals surface area (Å²) in [6.45, 7) is 2.67. The number of piperidine rings is 1. The molecule has 2 aromatic rings. The van der Waals surface area contributed by atoms with Crippen LogP contribution in [0.1, 0.15) is 18.4 Å². The van der Waals surface area contributed by atoms with Gasteiger partial charge in [-0.2, -0.15) is 0 Å². The Hall–Kier alpha value is -2.51. The van der Waals surface area contributed by atoms with Crippen molar-refractivity contribution in [2.75, 3.05) is 25.0 Å². The van der Waals surface area contributed by atoms with E-state index in [1.54, 1.807) is 12.4 Å². The van der Waals surface area contributed by atoms with Crippen LogP contribution in [0.4, 0.5) is 5.69 Å². The molecule has 0 aliphatic carbocycles. The Bertz CT molecular complexity index is 806. The van der Waals surface area contributed by atoms with E-state index in [2.05, 4.69) is 32.7 Å². The van der Waals surface area contributed by atoms with E-state index in [4.69, 9.17) is 12.2 Å². The van der Waals surface area contributed by atoms with Gasteiger partial charge in [0.1, 0.15) is 0 Å². The molecule has 1 amide bonds. The molecule has 1 spiro atoms. The van der Waals surface area contributed by atoms with Gasteiger partial charge in [-0.3, -0.25) is 15.1 Å². The van der Waals surface area contributed by atoms with Gasteiger partial charge in [-0.25, -0.2) is 0 Å². The molecule has 2 fully saturated rings. The van der Waals surface area contributed by atoms with Crippen molar-refractivity contribution in [3.63, 3.8) is 0 Å². The first kappa shape index (κ1) is 17.9. The molecule has 0 bridgehead atoms. The maximum Gasteiger partial charge on any atom is 0.238 e. The number of nitrogens with zero attached hydrogens (tertiary/aromatic N) is 3. The fourth-order valence-electron chi connectivity index (χ4n) is 3.84. The Balaban J connectivity index is 1.40. The van der Waals surface area contributed by atoms with Crippen LogP contribution in [0.2, 0.25) is 0 Å². The average molecular weight is 382 g/mol. The first-order chi connectivity index (χ1) is 13.2. The second-order valence-electron chi connectivity index (χ2n) is 7.00. The number of pyridine rings is 1. The second kappa shape index (κ2) is 7.62. The fourth-order valence-corrected chi connectivity index (χ4v) is 4.14. The minimum absolute atomic E-state index is 0.171. The number of nitrogens with one attached hydrogen (secondary N) is 2. The van der Waals surface area contributed by atoms with E-state index in [1.807, 2.05) is 35.2 Å². The minimum Gasteiger partial charge on any atom is -0.349 e. The first-order valence-electron chi connectivity index (χ1n) is 9.22. The topological polar surface area (TPSA) is 60.5 Å². The number of benzene rings is 1. The molecule has 2 saturated heterocycles. The number of thiocarbonyl (C=S) groups is 1. The van der Waals surface area contributed by atoms with Crippen LogP contribution >= 0.6 is 12.2 Å². The standard InChI is InChI=1S/C20H23N5OS/c26-18-14-22-20(25(18)15-16-4-2-1-3-5-16)8-12-24(13-9-20)19(27)23-17-6-10-21-11-7-17/h1-7,10-11,22H,8-9,12-15H2,(H,21,23,27). The lowest BCUT2D eigenvalue weighted by Gasteiger charge is -2.45. The van der Waals surface area contributed by atoms with Gasteiger partial charge in [-0.1, -0.05) is 30.3 Å². The zero-order valence-corrected chi connectivity index (χ0v) is 15.9. The van der Waals surface area contributed by atoms with Crippen molar-refractivity contribution in [2.24, 2.45) is 0 Å². The summed E-state index contributed by atoms with van der Waals surface area (Å²) in [4.78, 5) is 20.7. The Morgan fingerprint density at radius 3 is 2.56 bits per heavy atom. The van der Waals surface area contributed by atoms with Crippen molar-refractivity contribution in [1.82, 2.24) is 20.1 Å². The smallest absolute Gasteiger partial charge is 0.238 e. The Morgan fingerprint density at radius 2 is 1.85 bits per heavy atom. The molecular formula is C20H23N5OS. The molecule has 27 heavy (non-hydrogen) atoms. The van der Waals surface area contributed by atoms with Crippen molar-refractivity contribution >= 4 is 28.9 Å². The van der Waals surface area contributed by atoms with Crippen LogP contribution < -0.4 is 10.6 Å². The van der Waals surface area contributed by atoms with Crippen LogP contribution in [0, 0.1) is 0 Å². The maximum atomic E-state index is 12.5. The third-order valence-electron chi connectivity index (χ3n) is 5.38. The predicted octanol–water partition coefficient (Wildman–Crippen LogP) is 2.20. The second-order valence-corrected chi connectivity index (χ2v) is 7.39. The van der Waals surface area contributed by atoms with Gasteiger partial charge in [0.2, 0.25) is 5.91 Å². The predicted molar refractivity (Wildman–Crippen MR) is 109 cm³/mol. The summed E-state index contributed by atoms with van der Waals surface area (Å²) in [5.41, 5.74) is 1.83. The molecule has 2 aliphatic rings. The zero-order chi connectivity index (χ0) is 18.7. The van der Waals surface area contributed by atoms with Crippen LogP contribution in [0.3, 0.4) is 0 Å². The lowest BCUT2D eigenvalue weighted by Crippen LogP contribution is -2.59. The molecule has 0 radical (unpaired) electrons. The zero-order valence-electron chi connectivity index (χ0n) is 15.1. The fraction of sp³-hybridized carbons (Fsp3) is 0.350. The van der Waals surface area contributed by atoms with Crippen molar-refractivity contribution in [3.05, 3.63) is 60.4 Å². The number of rotatable bonds is 3. The van der Waals surface area contributed by atoms with Gasteiger partial charge < -0.3 is 15.1 Å². The van der Waals surface area contributed by atoms with Gasteiger partial charge >= 0.3 is 0 Å². The third-order valence-corrected chi connectivity index (χ3v) is 5.74. The number of hydrogen-bond acceptors (Lipinski definition) is 4. The number of carbonyl (C=O) groups is 1. The molecule has 4 rings (SSSR count). The van der Waals surface area contributed by atoms with Crippen molar-refractivity contribution in [2.45, 2.75) is 25.0 Å². The molecule has 1 aromatic carbocycles. The van der Waals surface area contributed by atoms with Gasteiger partial charge in [0.25, 0.3) is 0 Å². The maximum absolute atomic E-state index is 12.5. The van der Waals surface area contributed by atoms with E-state index < -0.39 is 0 Å². The number of carbonyl (C=O) groups excluding carboxylic acids is 1. The highest BCUT2D eigenvalue weighted by Crippen LogP contribution is 2.31. The average Bonchev–Trinajstić information content (AvgIpc) is 3.00. The number of aromatic nitrogens is 1. The minimum atomic E-state index is -0.268. The lowest BCUT2D eigenvalue weighted by molar-refractivity contribution is -0.132. The highest BCUT2D eigenvalue weighted by Gasteiger charge is 2.46. The number of likely N-dealkylation sites (tertiary alicyclic amines) is 1. The molecule has 0 unspecified atom stereocenters. The van der Waals surface area contributed by atoms with Gasteiger partial charge in [0.15, 0.2) is 5.11 Å². The summed E-state index contributed by atoms with van der Waals surface area (Å²) in [5.74, 6) is 0.171. The molecule has 0 saturated carbocycles. The summed E-state index contributed by atoms with van der Waals surface area (Å²) in [6, 6.07) is 14.0. The number of amides is 1. The molecule has 0 atom stereocenters. The van der Waals surface area contributed by atoms with Crippen LogP contribution in [0.25, 0.3) is 0 Å². The Morgan fingerprint density at radius 1 is 1.15 bits per heavy atom. The summed E-state index contributed by atoms with van der Waals surface area (Å²) in [5, 5.41) is 7.46. The highest BCUT2D eigenvalue weighted by atomic mass is 32.1. The summed E-state index contributed by atoms with van der Waals surface area (Å²) in [7, 11) is 0. The third kappa shape index (κ3) is 3.79. The van der Waals surface area contributed by atoms with E-state index in [-0.39, 0.29) is 11.6 Å². The first-order valence-corrected chi connectivity index (χ1v) is 9.62. The molecule has 3 heterocycles. The van der Waals surface area contributed by atoms with Gasteiger partial charge in [-0.15, -0.1) is 0 Å². The van der Waals surface area contributed by atoms with Crippen LogP contribution in [-0.4, -0.2) is 51.1 Å². The van der Waals surface area contributed by atoms with Crippen molar-refractivity contribution in [1.29, 1.82) is 0 Å². The largest absolute Gasteiger partial charge is 0.349 e. The molecule has 140 valence electrons. The van der Waals surface area contributed by atoms with Gasteiger partial charge in [-0.05, 0) is 29.9 Å². The van der Waals surface area contributed by atoms with E-state index >= 15 is 0 Å². The highest BCUT2D eigenvalue weighted by molar-refractivity contribution is 7.80. The van der Waals surface area contributed by atoms with E-state index in [0.717, 1.165) is 42.3 Å². The Kier molecular flexibility index (Phi) is 5.05. The van der Waals surface area contributed by atoms with E-state index in [1.165, 1.54) is 0 Å². The monoisotopic (exact) mass is 381 g/mol. The molecule has 7 heteroatoms. The van der Waals surface area contributed by atoms with Gasteiger partial charge in [0, 0.05) is 50.6 Å². The summed E-state index contributed by atoms with van der Waals surface area (Å²) < 4.78 is 0. The molecule has 2 aliphatic heterocycles. The van der Waals surface area contributed by atoms with E-state index in [0.29, 0.717) is 13.1 Å². The summed E-state index contributed by atoms with van der Waals surface area (Å²) >= 11 is 5.57. The van der Waals surface area contributed by atoms with Gasteiger partial charge in [0.05, 0.1) is 12.2 Å². The van der Waals surface area contributed by atoms with Crippen LogP contribution in [0.15, 0.2) is 54.9 Å². The molecule has 1 aromatic heterocycles. The molecule has 2 N–H and O–H groups in total. The van der Waals surface area contributed by atoms with E-state index in [9.17, 15) is 4.79 Å². The molecular weight excluding hydrogens is 358 g/mol. The van der Waals surface area contributed by atoms with Crippen molar-refractivity contribution < 1.29 is 4.79 Å². The normalized spacial score (nSPS) is 18.7. The van der Waals surface area contributed by atoms with Crippen LogP contribution in [-0.2, 0) is 11.3 Å². The van der Waals surface area contributed by atoms with Crippen LogP contribution in [0.5, 0.6) is 0 Å². The molecule has 6 nitrogen and oxygen atoms in total. The SMILES string of the molecule is O=C1CNC2(CCN(C(=S)Nc3ccncc3)CC2)N1Cc1ccccc1. The quantitative estimate of drug-likeness (QED) is 0.795. The lowest BCUT2D eigenvalue weighted by atomic mass is 9.95.